The first kappa shape index (κ1) is 20.2. The maximum Gasteiger partial charge on any atom is 0.417 e. The molecule has 0 radical (unpaired) electrons. The van der Waals surface area contributed by atoms with Gasteiger partial charge in [0.1, 0.15) is 5.60 Å². The highest BCUT2D eigenvalue weighted by atomic mass is 19.4. The van der Waals surface area contributed by atoms with Gasteiger partial charge in [-0.25, -0.2) is 0 Å². The third-order valence-electron chi connectivity index (χ3n) is 5.59. The van der Waals surface area contributed by atoms with E-state index in [4.69, 9.17) is 10.5 Å². The summed E-state index contributed by atoms with van der Waals surface area (Å²) in [6.45, 7) is 3.73. The molecule has 1 unspecified atom stereocenters. The number of primary amides is 1. The number of aromatic amines is 1. The number of rotatable bonds is 5. The van der Waals surface area contributed by atoms with Crippen LogP contribution in [-0.2, 0) is 27.7 Å². The molecule has 0 aliphatic carbocycles. The van der Waals surface area contributed by atoms with Crippen LogP contribution in [0.4, 0.5) is 13.2 Å². The molecule has 3 rings (SSSR count). The second-order valence-electron chi connectivity index (χ2n) is 7.12. The normalized spacial score (nSPS) is 20.8. The maximum absolute atomic E-state index is 13.7. The van der Waals surface area contributed by atoms with E-state index in [-0.39, 0.29) is 41.1 Å². The second-order valence-corrected chi connectivity index (χ2v) is 7.12. The summed E-state index contributed by atoms with van der Waals surface area (Å²) in [5.41, 5.74) is 3.67. The van der Waals surface area contributed by atoms with Crippen LogP contribution in [0, 0.1) is 5.92 Å². The van der Waals surface area contributed by atoms with Crippen molar-refractivity contribution in [3.8, 4) is 0 Å². The Morgan fingerprint density at radius 2 is 2.07 bits per heavy atom. The standard InChI is InChI=1S/C19H21F3N2O4/c1-3-9(2)18(8-13(25)26)16-10(6-7-28-18)14-12(19(20,21)22)5-4-11(17(23)27)15(14)24-16/h4-5,9,24H,3,6-8H2,1-2H3,(H2,23,27)(H,25,26)/t9?,18-/m1/s1. The molecule has 28 heavy (non-hydrogen) atoms. The van der Waals surface area contributed by atoms with E-state index in [9.17, 15) is 27.9 Å². The van der Waals surface area contributed by atoms with Crippen LogP contribution < -0.4 is 5.73 Å². The maximum atomic E-state index is 13.7. The van der Waals surface area contributed by atoms with Crippen molar-refractivity contribution < 1.29 is 32.6 Å². The van der Waals surface area contributed by atoms with E-state index in [1.807, 2.05) is 6.92 Å². The van der Waals surface area contributed by atoms with Crippen molar-refractivity contribution in [3.63, 3.8) is 0 Å². The smallest absolute Gasteiger partial charge is 0.417 e. The first-order valence-electron chi connectivity index (χ1n) is 8.93. The molecule has 1 aromatic carbocycles. The van der Waals surface area contributed by atoms with E-state index < -0.39 is 35.6 Å². The lowest BCUT2D eigenvalue weighted by atomic mass is 9.77. The summed E-state index contributed by atoms with van der Waals surface area (Å²) in [6.07, 6.45) is -4.33. The molecule has 0 saturated heterocycles. The van der Waals surface area contributed by atoms with Crippen LogP contribution in [0.3, 0.4) is 0 Å². The Morgan fingerprint density at radius 1 is 1.39 bits per heavy atom. The fourth-order valence-corrected chi connectivity index (χ4v) is 4.09. The Hall–Kier alpha value is -2.55. The largest absolute Gasteiger partial charge is 0.481 e. The number of benzene rings is 1. The number of carbonyl (C=O) groups excluding carboxylic acids is 1. The summed E-state index contributed by atoms with van der Waals surface area (Å²) in [7, 11) is 0. The average Bonchev–Trinajstić information content (AvgIpc) is 2.99. The molecule has 9 heteroatoms. The highest BCUT2D eigenvalue weighted by Gasteiger charge is 2.47. The summed E-state index contributed by atoms with van der Waals surface area (Å²) in [5, 5.41) is 9.32. The summed E-state index contributed by atoms with van der Waals surface area (Å²) >= 11 is 0. The highest BCUT2D eigenvalue weighted by molar-refractivity contribution is 6.07. The van der Waals surface area contributed by atoms with E-state index >= 15 is 0 Å². The van der Waals surface area contributed by atoms with Crippen LogP contribution in [0.5, 0.6) is 0 Å². The third kappa shape index (κ3) is 3.03. The number of ether oxygens (including phenoxy) is 1. The zero-order chi connectivity index (χ0) is 20.9. The van der Waals surface area contributed by atoms with Gasteiger partial charge in [0.15, 0.2) is 0 Å². The van der Waals surface area contributed by atoms with E-state index in [0.717, 1.165) is 12.1 Å². The van der Waals surface area contributed by atoms with Gasteiger partial charge in [-0.1, -0.05) is 20.3 Å². The van der Waals surface area contributed by atoms with Crippen molar-refractivity contribution in [2.45, 2.75) is 44.9 Å². The molecule has 1 aromatic heterocycles. The van der Waals surface area contributed by atoms with E-state index in [2.05, 4.69) is 4.98 Å². The van der Waals surface area contributed by atoms with Gasteiger partial charge in [-0.15, -0.1) is 0 Å². The molecule has 6 nitrogen and oxygen atoms in total. The molecule has 0 spiro atoms. The summed E-state index contributed by atoms with van der Waals surface area (Å²) < 4.78 is 46.9. The number of alkyl halides is 3. The molecule has 2 atom stereocenters. The number of fused-ring (bicyclic) bond motifs is 3. The lowest BCUT2D eigenvalue weighted by Gasteiger charge is -2.41. The first-order valence-corrected chi connectivity index (χ1v) is 8.93. The minimum atomic E-state index is -4.64. The Bertz CT molecular complexity index is 951. The number of amides is 1. The number of nitrogens with two attached hydrogens (primary N) is 1. The van der Waals surface area contributed by atoms with Crippen molar-refractivity contribution in [1.29, 1.82) is 0 Å². The summed E-state index contributed by atoms with van der Waals surface area (Å²) in [6, 6.07) is 1.88. The zero-order valence-electron chi connectivity index (χ0n) is 15.4. The number of aliphatic carboxylic acids is 1. The van der Waals surface area contributed by atoms with Gasteiger partial charge in [0.2, 0.25) is 0 Å². The number of nitrogens with one attached hydrogen (secondary N) is 1. The van der Waals surface area contributed by atoms with Gasteiger partial charge >= 0.3 is 12.1 Å². The topological polar surface area (TPSA) is 105 Å². The van der Waals surface area contributed by atoms with Crippen LogP contribution in [0.15, 0.2) is 12.1 Å². The van der Waals surface area contributed by atoms with Gasteiger partial charge in [0.25, 0.3) is 5.91 Å². The Morgan fingerprint density at radius 3 is 2.61 bits per heavy atom. The molecule has 0 fully saturated rings. The Kier molecular flexibility index (Phi) is 4.91. The molecule has 2 heterocycles. The summed E-state index contributed by atoms with van der Waals surface area (Å²) in [5.74, 6) is -2.29. The van der Waals surface area contributed by atoms with Crippen molar-refractivity contribution in [2.24, 2.45) is 11.7 Å². The summed E-state index contributed by atoms with van der Waals surface area (Å²) in [4.78, 5) is 26.3. The molecule has 1 amide bonds. The monoisotopic (exact) mass is 398 g/mol. The number of hydrogen-bond acceptors (Lipinski definition) is 3. The molecule has 152 valence electrons. The van der Waals surface area contributed by atoms with Crippen molar-refractivity contribution in [2.75, 3.05) is 6.61 Å². The number of carboxylic acid groups (broad SMARTS) is 1. The van der Waals surface area contributed by atoms with Gasteiger partial charge in [0, 0.05) is 5.39 Å². The fraction of sp³-hybridized carbons (Fsp3) is 0.474. The minimum Gasteiger partial charge on any atom is -0.481 e. The Balaban J connectivity index is 2.42. The number of carboxylic acids is 1. The molecule has 1 aliphatic heterocycles. The van der Waals surface area contributed by atoms with Crippen LogP contribution in [0.2, 0.25) is 0 Å². The van der Waals surface area contributed by atoms with Crippen LogP contribution in [0.25, 0.3) is 10.9 Å². The molecular formula is C19H21F3N2O4. The van der Waals surface area contributed by atoms with Gasteiger partial charge < -0.3 is 20.6 Å². The molecule has 1 aliphatic rings. The highest BCUT2D eigenvalue weighted by Crippen LogP contribution is 2.48. The zero-order valence-corrected chi connectivity index (χ0v) is 15.4. The molecule has 0 saturated carbocycles. The third-order valence-corrected chi connectivity index (χ3v) is 5.59. The molecule has 4 N–H and O–H groups in total. The van der Waals surface area contributed by atoms with Gasteiger partial charge in [-0.05, 0) is 30.0 Å². The Labute approximate surface area is 158 Å². The lowest BCUT2D eigenvalue weighted by Crippen LogP contribution is -2.43. The van der Waals surface area contributed by atoms with Crippen LogP contribution in [-0.4, -0.2) is 28.6 Å². The quantitative estimate of drug-likeness (QED) is 0.716. The number of aromatic nitrogens is 1. The predicted molar refractivity (Wildman–Crippen MR) is 94.9 cm³/mol. The number of halogens is 3. The fourth-order valence-electron chi connectivity index (χ4n) is 4.09. The lowest BCUT2D eigenvalue weighted by molar-refractivity contribution is -0.155. The molecule has 2 aromatic rings. The van der Waals surface area contributed by atoms with E-state index in [0.29, 0.717) is 12.0 Å². The first-order chi connectivity index (χ1) is 13.0. The van der Waals surface area contributed by atoms with Crippen LogP contribution in [0.1, 0.15) is 53.9 Å². The molecule has 0 bridgehead atoms. The number of hydrogen-bond donors (Lipinski definition) is 3. The van der Waals surface area contributed by atoms with Gasteiger partial charge in [-0.2, -0.15) is 13.2 Å². The van der Waals surface area contributed by atoms with Crippen LogP contribution >= 0.6 is 0 Å². The SMILES string of the molecule is CCC(C)[C@@]1(CC(=O)O)OCCc2c1[nH]c1c(C(N)=O)ccc(C(F)(F)F)c21. The minimum absolute atomic E-state index is 0.0316. The van der Waals surface area contributed by atoms with Crippen molar-refractivity contribution in [3.05, 3.63) is 34.5 Å². The van der Waals surface area contributed by atoms with Gasteiger partial charge in [0.05, 0.1) is 35.4 Å². The van der Waals surface area contributed by atoms with E-state index in [1.54, 1.807) is 6.92 Å². The van der Waals surface area contributed by atoms with Crippen molar-refractivity contribution in [1.82, 2.24) is 4.98 Å². The number of H-pyrrole nitrogens is 1. The van der Waals surface area contributed by atoms with E-state index in [1.165, 1.54) is 0 Å². The second kappa shape index (κ2) is 6.80. The molecular weight excluding hydrogens is 377 g/mol. The predicted octanol–water partition coefficient (Wildman–Crippen LogP) is 3.57. The average molecular weight is 398 g/mol. The number of carbonyl (C=O) groups is 2. The van der Waals surface area contributed by atoms with Gasteiger partial charge in [-0.3, -0.25) is 9.59 Å². The van der Waals surface area contributed by atoms with Crippen molar-refractivity contribution >= 4 is 22.8 Å².